The van der Waals surface area contributed by atoms with Gasteiger partial charge in [-0.05, 0) is 0 Å². The molecule has 7 heteroatoms. The first-order valence-corrected chi connectivity index (χ1v) is 2.19. The minimum Gasteiger partial charge on any atom is -0.822 e. The third-order valence-electron chi connectivity index (χ3n) is 0. The summed E-state index contributed by atoms with van der Waals surface area (Å²) in [6.45, 7) is 0. The van der Waals surface area contributed by atoms with Crippen LogP contribution in [0.3, 0.4) is 0 Å². The van der Waals surface area contributed by atoms with Gasteiger partial charge in [0.2, 0.25) is 0 Å². The number of phosphoric acid groups is 1. The predicted octanol–water partition coefficient (Wildman–Crippen LogP) is -3.59. The smallest absolute Gasteiger partial charge is 0.822 e. The Bertz CT molecular complexity index is 57.8. The molecule has 32 valence electrons. The van der Waals surface area contributed by atoms with Crippen molar-refractivity contribution in [2.75, 3.05) is 0 Å². The summed E-state index contributed by atoms with van der Waals surface area (Å²) in [5.41, 5.74) is 0. The average Bonchev–Trinajstić information content (AvgIpc) is 0.722. The Balaban J connectivity index is -0.0000000800. The van der Waals surface area contributed by atoms with E-state index in [9.17, 15) is 0 Å². The van der Waals surface area contributed by atoms with Crippen LogP contribution in [-0.2, 0) is 4.57 Å². The molecule has 0 bridgehead atoms. The quantitative estimate of drug-likeness (QED) is 0.313. The van der Waals surface area contributed by atoms with E-state index in [1.807, 2.05) is 0 Å². The van der Waals surface area contributed by atoms with Crippen LogP contribution in [0.25, 0.3) is 0 Å². The Morgan fingerprint density at radius 3 is 1.14 bits per heavy atom. The van der Waals surface area contributed by atoms with Crippen molar-refractivity contribution < 1.29 is 19.2 Å². The van der Waals surface area contributed by atoms with Gasteiger partial charge in [-0.25, -0.2) is 0 Å². The Labute approximate surface area is 108 Å². The first kappa shape index (κ1) is 16.4. The minimum atomic E-state index is -5.39. The molecule has 0 unspecified atom stereocenters. The van der Waals surface area contributed by atoms with Crippen LogP contribution >= 0.6 is 7.82 Å². The van der Waals surface area contributed by atoms with Crippen molar-refractivity contribution in [1.29, 1.82) is 0 Å². The molecule has 4 nitrogen and oxygen atoms in total. The van der Waals surface area contributed by atoms with Crippen LogP contribution in [0.4, 0.5) is 0 Å². The topological polar surface area (TPSA) is 86.2 Å². The molecule has 0 aromatic heterocycles. The van der Waals surface area contributed by atoms with Crippen molar-refractivity contribution in [3.63, 3.8) is 0 Å². The Hall–Kier alpha value is 2.85. The molecule has 0 rings (SSSR count). The molecule has 0 saturated heterocycles. The van der Waals surface area contributed by atoms with Gasteiger partial charge in [0, 0.05) is 0 Å². The Morgan fingerprint density at radius 1 is 1.14 bits per heavy atom. The van der Waals surface area contributed by atoms with Crippen molar-refractivity contribution >= 4 is 91.0 Å². The summed E-state index contributed by atoms with van der Waals surface area (Å²) in [5, 5.41) is 0. The average molecular weight is 223 g/mol. The standard InChI is InChI=1S/Ca.H3O4P.Sr/c;1-5(2,3)4;/h;(H3,1,2,3,4);/q+2;;+2/p-3. The molecule has 0 aliphatic carbocycles. The van der Waals surface area contributed by atoms with Crippen molar-refractivity contribution in [2.24, 2.45) is 0 Å². The molecule has 0 atom stereocenters. The van der Waals surface area contributed by atoms with Crippen molar-refractivity contribution in [2.45, 2.75) is 0 Å². The zero-order chi connectivity index (χ0) is 4.50. The molecule has 0 fully saturated rings. The van der Waals surface area contributed by atoms with E-state index < -0.39 is 7.82 Å². The van der Waals surface area contributed by atoms with E-state index in [4.69, 9.17) is 19.2 Å². The fourth-order valence-corrected chi connectivity index (χ4v) is 0. The van der Waals surface area contributed by atoms with Crippen LogP contribution in [0.2, 0.25) is 0 Å². The zero-order valence-electron chi connectivity index (χ0n) is 3.49. The van der Waals surface area contributed by atoms with Crippen LogP contribution in [0.15, 0.2) is 0 Å². The number of rotatable bonds is 0. The molecule has 0 heterocycles. The number of hydrogen-bond acceptors (Lipinski definition) is 4. The van der Waals surface area contributed by atoms with Gasteiger partial charge in [-0.15, -0.1) is 0 Å². The Morgan fingerprint density at radius 2 is 1.14 bits per heavy atom. The van der Waals surface area contributed by atoms with Gasteiger partial charge in [-0.2, -0.15) is 7.82 Å². The fourth-order valence-electron chi connectivity index (χ4n) is 0. The second-order valence-electron chi connectivity index (χ2n) is 0.447. The largest absolute Gasteiger partial charge is 2.00 e. The molecule has 0 saturated carbocycles. The van der Waals surface area contributed by atoms with E-state index in [2.05, 4.69) is 0 Å². The normalized spacial score (nSPS) is 8.43. The van der Waals surface area contributed by atoms with Gasteiger partial charge in [0.25, 0.3) is 0 Å². The second-order valence-corrected chi connectivity index (χ2v) is 1.34. The summed E-state index contributed by atoms with van der Waals surface area (Å²) in [6.07, 6.45) is 0. The molecule has 0 aromatic rings. The minimum absolute atomic E-state index is 0. The predicted molar refractivity (Wildman–Crippen MR) is 19.1 cm³/mol. The molecule has 0 N–H and O–H groups in total. The molecule has 0 spiro atoms. The molecule has 0 radical (unpaired) electrons. The van der Waals surface area contributed by atoms with E-state index in [0.717, 1.165) is 0 Å². The maximum absolute atomic E-state index is 8.55. The first-order chi connectivity index (χ1) is 2.00. The molecule has 7 heavy (non-hydrogen) atoms. The van der Waals surface area contributed by atoms with E-state index in [-0.39, 0.29) is 83.2 Å². The first-order valence-electron chi connectivity index (χ1n) is 0.730. The molecule has 0 aromatic carbocycles. The van der Waals surface area contributed by atoms with Crippen molar-refractivity contribution in [3.8, 4) is 0 Å². The maximum atomic E-state index is 8.55. The maximum Gasteiger partial charge on any atom is 2.00 e. The van der Waals surface area contributed by atoms with Gasteiger partial charge in [-0.1, -0.05) is 0 Å². The fraction of sp³-hybridized carbons (Fsp3) is 0. The third kappa shape index (κ3) is 51.1. The van der Waals surface area contributed by atoms with Crippen LogP contribution < -0.4 is 14.7 Å². The summed E-state index contributed by atoms with van der Waals surface area (Å²) in [4.78, 5) is 25.6. The summed E-state index contributed by atoms with van der Waals surface area (Å²) >= 11 is 0. The molecular weight excluding hydrogens is 223 g/mol. The van der Waals surface area contributed by atoms with Crippen LogP contribution in [0.1, 0.15) is 0 Å². The van der Waals surface area contributed by atoms with Crippen molar-refractivity contribution in [3.05, 3.63) is 0 Å². The van der Waals surface area contributed by atoms with E-state index in [1.54, 1.807) is 0 Å². The molecule has 0 amide bonds. The van der Waals surface area contributed by atoms with Gasteiger partial charge in [-0.3, -0.25) is 0 Å². The van der Waals surface area contributed by atoms with Crippen LogP contribution in [0.5, 0.6) is 0 Å². The summed E-state index contributed by atoms with van der Waals surface area (Å²) in [5.74, 6) is 0. The molecule has 0 aliphatic heterocycles. The Kier molecular flexibility index (Phi) is 16.4. The third-order valence-corrected chi connectivity index (χ3v) is 0. The molecule has 0 aliphatic rings. The van der Waals surface area contributed by atoms with Gasteiger partial charge in [0.15, 0.2) is 0 Å². The van der Waals surface area contributed by atoms with Crippen LogP contribution in [-0.4, -0.2) is 83.2 Å². The SMILES string of the molecule is O=P([O-])([O-])[O-].[Ca+2].[Sr+2]. The monoisotopic (exact) mass is 223 g/mol. The molecular formula is CaO4PSr+. The van der Waals surface area contributed by atoms with Gasteiger partial charge in [0.05, 0.1) is 0 Å². The van der Waals surface area contributed by atoms with Crippen LogP contribution in [0, 0.1) is 0 Å². The summed E-state index contributed by atoms with van der Waals surface area (Å²) in [6, 6.07) is 0. The summed E-state index contributed by atoms with van der Waals surface area (Å²) in [7, 11) is -5.39. The van der Waals surface area contributed by atoms with Gasteiger partial charge >= 0.3 is 83.2 Å². The van der Waals surface area contributed by atoms with Crippen molar-refractivity contribution in [1.82, 2.24) is 0 Å². The van der Waals surface area contributed by atoms with E-state index >= 15 is 0 Å². The van der Waals surface area contributed by atoms with Gasteiger partial charge < -0.3 is 19.2 Å². The second kappa shape index (κ2) is 6.96. The zero-order valence-corrected chi connectivity index (χ0v) is 10.1. The van der Waals surface area contributed by atoms with E-state index in [0.29, 0.717) is 0 Å². The number of hydrogen-bond donors (Lipinski definition) is 0. The van der Waals surface area contributed by atoms with Gasteiger partial charge in [0.1, 0.15) is 0 Å². The van der Waals surface area contributed by atoms with E-state index in [1.165, 1.54) is 0 Å². The summed E-state index contributed by atoms with van der Waals surface area (Å²) < 4.78 is 8.55.